The van der Waals surface area contributed by atoms with Crippen LogP contribution in [-0.4, -0.2) is 7.05 Å². The standard InChI is InChI=1S/C13H12INO/c1-15-11-7-3-5-9-13(11)16-12-8-4-2-6-10(12)14/h2-9,15H,1H3. The van der Waals surface area contributed by atoms with Crippen molar-refractivity contribution in [2.24, 2.45) is 0 Å². The van der Waals surface area contributed by atoms with Crippen LogP contribution in [0.3, 0.4) is 0 Å². The number of halogens is 1. The topological polar surface area (TPSA) is 21.3 Å². The molecule has 0 aromatic heterocycles. The Morgan fingerprint density at radius 1 is 0.938 bits per heavy atom. The van der Waals surface area contributed by atoms with Crippen LogP contribution in [-0.2, 0) is 0 Å². The molecule has 0 aliphatic rings. The molecule has 0 saturated carbocycles. The monoisotopic (exact) mass is 325 g/mol. The van der Waals surface area contributed by atoms with Crippen molar-refractivity contribution in [1.29, 1.82) is 0 Å². The summed E-state index contributed by atoms with van der Waals surface area (Å²) >= 11 is 2.27. The molecular formula is C13H12INO. The van der Waals surface area contributed by atoms with Crippen LogP contribution in [0.5, 0.6) is 11.5 Å². The number of hydrogen-bond acceptors (Lipinski definition) is 2. The molecule has 2 nitrogen and oxygen atoms in total. The van der Waals surface area contributed by atoms with Gasteiger partial charge in [-0.1, -0.05) is 24.3 Å². The summed E-state index contributed by atoms with van der Waals surface area (Å²) in [6.45, 7) is 0. The second kappa shape index (κ2) is 5.21. The average Bonchev–Trinajstić information content (AvgIpc) is 2.33. The highest BCUT2D eigenvalue weighted by Crippen LogP contribution is 2.31. The van der Waals surface area contributed by atoms with Gasteiger partial charge in [-0.25, -0.2) is 0 Å². The number of benzene rings is 2. The van der Waals surface area contributed by atoms with Crippen LogP contribution in [0.2, 0.25) is 0 Å². The highest BCUT2D eigenvalue weighted by atomic mass is 127. The molecular weight excluding hydrogens is 313 g/mol. The smallest absolute Gasteiger partial charge is 0.150 e. The molecule has 0 heterocycles. The third-order valence-corrected chi connectivity index (χ3v) is 3.10. The lowest BCUT2D eigenvalue weighted by Gasteiger charge is -2.11. The second-order valence-electron chi connectivity index (χ2n) is 3.28. The van der Waals surface area contributed by atoms with Crippen molar-refractivity contribution in [2.75, 3.05) is 12.4 Å². The minimum Gasteiger partial charge on any atom is -0.454 e. The zero-order chi connectivity index (χ0) is 11.4. The molecule has 0 amide bonds. The lowest BCUT2D eigenvalue weighted by molar-refractivity contribution is 0.481. The molecule has 2 rings (SSSR count). The van der Waals surface area contributed by atoms with Gasteiger partial charge in [0.1, 0.15) is 5.75 Å². The van der Waals surface area contributed by atoms with Crippen molar-refractivity contribution in [1.82, 2.24) is 0 Å². The maximum Gasteiger partial charge on any atom is 0.150 e. The van der Waals surface area contributed by atoms with E-state index in [0.29, 0.717) is 0 Å². The van der Waals surface area contributed by atoms with E-state index in [1.165, 1.54) is 0 Å². The van der Waals surface area contributed by atoms with Crippen LogP contribution >= 0.6 is 22.6 Å². The Kier molecular flexibility index (Phi) is 3.66. The summed E-state index contributed by atoms with van der Waals surface area (Å²) in [7, 11) is 1.89. The number of ether oxygens (including phenoxy) is 1. The maximum absolute atomic E-state index is 5.86. The van der Waals surface area contributed by atoms with Crippen LogP contribution in [0, 0.1) is 3.57 Å². The average molecular weight is 325 g/mol. The van der Waals surface area contributed by atoms with Gasteiger partial charge in [0.25, 0.3) is 0 Å². The van der Waals surface area contributed by atoms with Gasteiger partial charge in [0.15, 0.2) is 5.75 Å². The molecule has 0 spiro atoms. The summed E-state index contributed by atoms with van der Waals surface area (Å²) in [6, 6.07) is 15.9. The Bertz CT molecular complexity index is 485. The van der Waals surface area contributed by atoms with E-state index in [4.69, 9.17) is 4.74 Å². The number of hydrogen-bond donors (Lipinski definition) is 1. The van der Waals surface area contributed by atoms with Crippen molar-refractivity contribution in [3.05, 3.63) is 52.1 Å². The minimum atomic E-state index is 0.842. The van der Waals surface area contributed by atoms with Gasteiger partial charge in [-0.3, -0.25) is 0 Å². The summed E-state index contributed by atoms with van der Waals surface area (Å²) in [5.41, 5.74) is 0.988. The molecule has 0 aliphatic heterocycles. The Morgan fingerprint density at radius 2 is 1.56 bits per heavy atom. The van der Waals surface area contributed by atoms with Crippen LogP contribution in [0.1, 0.15) is 0 Å². The lowest BCUT2D eigenvalue weighted by Crippen LogP contribution is -1.93. The third-order valence-electron chi connectivity index (χ3n) is 2.21. The highest BCUT2D eigenvalue weighted by molar-refractivity contribution is 14.1. The summed E-state index contributed by atoms with van der Waals surface area (Å²) in [4.78, 5) is 0. The maximum atomic E-state index is 5.86. The SMILES string of the molecule is CNc1ccccc1Oc1ccccc1I. The van der Waals surface area contributed by atoms with E-state index >= 15 is 0 Å². The Balaban J connectivity index is 2.30. The Hall–Kier alpha value is -1.23. The van der Waals surface area contributed by atoms with Crippen molar-refractivity contribution < 1.29 is 4.74 Å². The summed E-state index contributed by atoms with van der Waals surface area (Å²) in [6.07, 6.45) is 0. The molecule has 0 atom stereocenters. The van der Waals surface area contributed by atoms with Crippen LogP contribution < -0.4 is 10.1 Å². The number of nitrogens with one attached hydrogen (secondary N) is 1. The fourth-order valence-electron chi connectivity index (χ4n) is 1.41. The summed E-state index contributed by atoms with van der Waals surface area (Å²) in [5, 5.41) is 3.11. The first-order valence-electron chi connectivity index (χ1n) is 5.00. The summed E-state index contributed by atoms with van der Waals surface area (Å²) < 4.78 is 6.96. The molecule has 0 unspecified atom stereocenters. The fraction of sp³-hybridized carbons (Fsp3) is 0.0769. The molecule has 0 fully saturated rings. The van der Waals surface area contributed by atoms with Crippen molar-refractivity contribution in [3.63, 3.8) is 0 Å². The van der Waals surface area contributed by atoms with Crippen LogP contribution in [0.15, 0.2) is 48.5 Å². The number of para-hydroxylation sites is 3. The van der Waals surface area contributed by atoms with E-state index in [9.17, 15) is 0 Å². The minimum absolute atomic E-state index is 0.842. The van der Waals surface area contributed by atoms with Gasteiger partial charge in [0.2, 0.25) is 0 Å². The van der Waals surface area contributed by atoms with Crippen LogP contribution in [0.4, 0.5) is 5.69 Å². The quantitative estimate of drug-likeness (QED) is 0.857. The zero-order valence-electron chi connectivity index (χ0n) is 8.91. The van der Waals surface area contributed by atoms with Gasteiger partial charge in [0, 0.05) is 7.05 Å². The van der Waals surface area contributed by atoms with E-state index < -0.39 is 0 Å². The largest absolute Gasteiger partial charge is 0.454 e. The van der Waals surface area contributed by atoms with E-state index in [2.05, 4.69) is 27.9 Å². The van der Waals surface area contributed by atoms with Gasteiger partial charge in [-0.2, -0.15) is 0 Å². The van der Waals surface area contributed by atoms with E-state index in [1.807, 2.05) is 55.6 Å². The molecule has 16 heavy (non-hydrogen) atoms. The molecule has 82 valence electrons. The molecule has 0 aliphatic carbocycles. The van der Waals surface area contributed by atoms with Crippen molar-refractivity contribution in [2.45, 2.75) is 0 Å². The zero-order valence-corrected chi connectivity index (χ0v) is 11.1. The van der Waals surface area contributed by atoms with Gasteiger partial charge < -0.3 is 10.1 Å². The second-order valence-corrected chi connectivity index (χ2v) is 4.44. The normalized spacial score (nSPS) is 9.88. The molecule has 2 aromatic carbocycles. The van der Waals surface area contributed by atoms with Crippen molar-refractivity contribution >= 4 is 28.3 Å². The first-order valence-corrected chi connectivity index (χ1v) is 6.08. The number of rotatable bonds is 3. The van der Waals surface area contributed by atoms with E-state index in [1.54, 1.807) is 0 Å². The number of anilines is 1. The fourth-order valence-corrected chi connectivity index (χ4v) is 1.91. The van der Waals surface area contributed by atoms with Gasteiger partial charge >= 0.3 is 0 Å². The first kappa shape index (κ1) is 11.3. The molecule has 3 heteroatoms. The molecule has 0 saturated heterocycles. The van der Waals surface area contributed by atoms with Gasteiger partial charge in [-0.05, 0) is 46.9 Å². The first-order chi connectivity index (χ1) is 7.81. The highest BCUT2D eigenvalue weighted by Gasteiger charge is 2.04. The molecule has 0 radical (unpaired) electrons. The Morgan fingerprint density at radius 3 is 2.25 bits per heavy atom. The predicted octanol–water partition coefficient (Wildman–Crippen LogP) is 4.13. The lowest BCUT2D eigenvalue weighted by atomic mass is 10.3. The predicted molar refractivity (Wildman–Crippen MR) is 75.2 cm³/mol. The van der Waals surface area contributed by atoms with Crippen molar-refractivity contribution in [3.8, 4) is 11.5 Å². The third kappa shape index (κ3) is 2.47. The van der Waals surface area contributed by atoms with E-state index in [0.717, 1.165) is 20.8 Å². The van der Waals surface area contributed by atoms with Crippen LogP contribution in [0.25, 0.3) is 0 Å². The van der Waals surface area contributed by atoms with Gasteiger partial charge in [0.05, 0.1) is 9.26 Å². The molecule has 0 bridgehead atoms. The Labute approximate surface area is 109 Å². The molecule has 2 aromatic rings. The van der Waals surface area contributed by atoms with Gasteiger partial charge in [-0.15, -0.1) is 0 Å². The van der Waals surface area contributed by atoms with E-state index in [-0.39, 0.29) is 0 Å². The molecule has 1 N–H and O–H groups in total. The summed E-state index contributed by atoms with van der Waals surface area (Å²) in [5.74, 6) is 1.72.